The molecule has 0 aromatic carbocycles. The first-order valence-electron chi connectivity index (χ1n) is 10.7. The maximum absolute atomic E-state index is 14.4. The van der Waals surface area contributed by atoms with Gasteiger partial charge in [-0.3, -0.25) is 9.88 Å². The summed E-state index contributed by atoms with van der Waals surface area (Å²) in [5.41, 5.74) is -2.79. The lowest BCUT2D eigenvalue weighted by Gasteiger charge is -2.44. The number of aliphatic imine (C=N–C) groups is 2. The minimum Gasteiger partial charge on any atom is -0.363 e. The molecule has 16 heteroatoms. The van der Waals surface area contributed by atoms with Crippen molar-refractivity contribution in [3.8, 4) is 0 Å². The van der Waals surface area contributed by atoms with E-state index in [-0.39, 0.29) is 29.7 Å². The zero-order chi connectivity index (χ0) is 27.2. The monoisotopic (exact) mass is 535 g/mol. The third-order valence-corrected chi connectivity index (χ3v) is 5.70. The van der Waals surface area contributed by atoms with Gasteiger partial charge in [-0.15, -0.1) is 0 Å². The van der Waals surface area contributed by atoms with E-state index in [4.69, 9.17) is 0 Å². The molecule has 4 heterocycles. The number of nitrogens with one attached hydrogen (secondary N) is 1. The zero-order valence-electron chi connectivity index (χ0n) is 19.0. The fourth-order valence-electron chi connectivity index (χ4n) is 3.71. The first-order valence-corrected chi connectivity index (χ1v) is 10.7. The maximum Gasteiger partial charge on any atom is 0.433 e. The van der Waals surface area contributed by atoms with Gasteiger partial charge in [0.15, 0.2) is 24.1 Å². The van der Waals surface area contributed by atoms with E-state index in [1.807, 2.05) is 0 Å². The molecule has 4 rings (SSSR count). The Kier molecular flexibility index (Phi) is 6.85. The highest BCUT2D eigenvalue weighted by Gasteiger charge is 2.44. The van der Waals surface area contributed by atoms with Crippen molar-refractivity contribution in [2.45, 2.75) is 37.0 Å². The van der Waals surface area contributed by atoms with Gasteiger partial charge in [0.25, 0.3) is 0 Å². The first-order chi connectivity index (χ1) is 17.1. The number of piperidine rings is 1. The molecule has 1 saturated heterocycles. The van der Waals surface area contributed by atoms with E-state index in [0.717, 1.165) is 18.3 Å². The lowest BCUT2D eigenvalue weighted by molar-refractivity contribution is -0.233. The minimum atomic E-state index is -4.77. The van der Waals surface area contributed by atoms with Gasteiger partial charge in [0.2, 0.25) is 5.96 Å². The number of aliphatic hydroxyl groups is 2. The second kappa shape index (κ2) is 9.50. The number of hydrogen-bond donors (Lipinski definition) is 3. The van der Waals surface area contributed by atoms with Crippen LogP contribution in [0.15, 0.2) is 46.5 Å². The normalized spacial score (nSPS) is 22.9. The lowest BCUT2D eigenvalue weighted by atomic mass is 10.0. The summed E-state index contributed by atoms with van der Waals surface area (Å²) in [5.74, 6) is -3.00. The van der Waals surface area contributed by atoms with Crippen molar-refractivity contribution in [2.75, 3.05) is 25.5 Å². The summed E-state index contributed by atoms with van der Waals surface area (Å²) >= 11 is 0. The fourth-order valence-corrected chi connectivity index (χ4v) is 3.71. The number of halogens is 7. The molecule has 2 unspecified atom stereocenters. The van der Waals surface area contributed by atoms with Crippen molar-refractivity contribution in [1.82, 2.24) is 19.8 Å². The second-order valence-electron chi connectivity index (χ2n) is 8.39. The molecule has 0 bridgehead atoms. The Balaban J connectivity index is 1.73. The number of likely N-dealkylation sites (tertiary alicyclic amines) is 1. The van der Waals surface area contributed by atoms with Gasteiger partial charge in [-0.1, -0.05) is 6.07 Å². The van der Waals surface area contributed by atoms with Crippen LogP contribution in [0.3, 0.4) is 0 Å². The molecule has 0 amide bonds. The summed E-state index contributed by atoms with van der Waals surface area (Å²) in [6.07, 6.45) is -12.2. The Bertz CT molecular complexity index is 1220. The van der Waals surface area contributed by atoms with Crippen LogP contribution in [0.5, 0.6) is 0 Å². The van der Waals surface area contributed by atoms with Crippen LogP contribution in [0.4, 0.5) is 36.4 Å². The summed E-state index contributed by atoms with van der Waals surface area (Å²) in [5, 5.41) is 22.2. The average Bonchev–Trinajstić information content (AvgIpc) is 2.81. The van der Waals surface area contributed by atoms with Gasteiger partial charge in [-0.2, -0.15) is 31.3 Å². The van der Waals surface area contributed by atoms with Crippen LogP contribution in [0.25, 0.3) is 0 Å². The van der Waals surface area contributed by atoms with E-state index in [0.29, 0.717) is 6.07 Å². The van der Waals surface area contributed by atoms with E-state index < -0.39 is 55.0 Å². The van der Waals surface area contributed by atoms with Crippen LogP contribution in [0, 0.1) is 0 Å². The summed E-state index contributed by atoms with van der Waals surface area (Å²) < 4.78 is 93.4. The van der Waals surface area contributed by atoms with Crippen LogP contribution in [0.1, 0.15) is 23.5 Å². The zero-order valence-corrected chi connectivity index (χ0v) is 19.0. The molecule has 0 aliphatic carbocycles. The molecule has 0 spiro atoms. The highest BCUT2D eigenvalue weighted by atomic mass is 19.4. The number of anilines is 1. The van der Waals surface area contributed by atoms with Gasteiger partial charge in [-0.05, 0) is 24.3 Å². The number of rotatable bonds is 3. The third kappa shape index (κ3) is 5.80. The molecule has 9 nitrogen and oxygen atoms in total. The van der Waals surface area contributed by atoms with E-state index >= 15 is 0 Å². The van der Waals surface area contributed by atoms with Crippen molar-refractivity contribution < 1.29 is 40.9 Å². The predicted molar refractivity (Wildman–Crippen MR) is 116 cm³/mol. The summed E-state index contributed by atoms with van der Waals surface area (Å²) in [6, 6.07) is 4.98. The summed E-state index contributed by atoms with van der Waals surface area (Å²) in [7, 11) is 1.43. The van der Waals surface area contributed by atoms with Crippen molar-refractivity contribution >= 4 is 17.5 Å². The van der Waals surface area contributed by atoms with Crippen molar-refractivity contribution in [3.63, 3.8) is 0 Å². The lowest BCUT2D eigenvalue weighted by Crippen LogP contribution is -2.60. The fraction of sp³-hybridized carbons (Fsp3) is 0.429. The number of alkyl halides is 7. The Labute approximate surface area is 205 Å². The molecule has 200 valence electrons. The second-order valence-corrected chi connectivity index (χ2v) is 8.39. The molecule has 2 aromatic rings. The van der Waals surface area contributed by atoms with Gasteiger partial charge in [0.05, 0.1) is 0 Å². The molecule has 2 atom stereocenters. The van der Waals surface area contributed by atoms with E-state index in [1.165, 1.54) is 29.0 Å². The quantitative estimate of drug-likeness (QED) is 0.410. The third-order valence-electron chi connectivity index (χ3n) is 5.70. The number of guanidine groups is 1. The van der Waals surface area contributed by atoms with E-state index in [1.54, 1.807) is 0 Å². The smallest absolute Gasteiger partial charge is 0.363 e. The van der Waals surface area contributed by atoms with Crippen molar-refractivity contribution in [1.29, 1.82) is 0 Å². The SMILES string of the molecule is CN1C(Nc2ccnc(C(F)(F)F)c2)=NC(c2cccc(C(F)(F)F)n2)=NC1N1CCC(O)(O)C(F)C1. The van der Waals surface area contributed by atoms with Crippen LogP contribution in [0.2, 0.25) is 0 Å². The molecule has 2 aliphatic heterocycles. The highest BCUT2D eigenvalue weighted by Crippen LogP contribution is 2.31. The largest absolute Gasteiger partial charge is 0.433 e. The average molecular weight is 535 g/mol. The molecule has 37 heavy (non-hydrogen) atoms. The van der Waals surface area contributed by atoms with E-state index in [9.17, 15) is 40.9 Å². The molecular formula is C21H20F7N7O2. The Morgan fingerprint density at radius 1 is 1.05 bits per heavy atom. The van der Waals surface area contributed by atoms with Gasteiger partial charge in [0.1, 0.15) is 17.1 Å². The molecule has 0 radical (unpaired) electrons. The summed E-state index contributed by atoms with van der Waals surface area (Å²) in [4.78, 5) is 18.0. The van der Waals surface area contributed by atoms with Gasteiger partial charge < -0.3 is 20.4 Å². The number of aromatic nitrogens is 2. The predicted octanol–water partition coefficient (Wildman–Crippen LogP) is 2.68. The minimum absolute atomic E-state index is 0.0734. The van der Waals surface area contributed by atoms with Gasteiger partial charge in [0, 0.05) is 38.4 Å². The highest BCUT2D eigenvalue weighted by molar-refractivity contribution is 6.09. The number of amidine groups is 1. The van der Waals surface area contributed by atoms with Crippen LogP contribution >= 0.6 is 0 Å². The molecule has 3 N–H and O–H groups in total. The number of hydrogen-bond acceptors (Lipinski definition) is 9. The van der Waals surface area contributed by atoms with Crippen molar-refractivity contribution in [3.05, 3.63) is 53.6 Å². The molecular weight excluding hydrogens is 515 g/mol. The molecule has 2 aliphatic rings. The van der Waals surface area contributed by atoms with Crippen LogP contribution < -0.4 is 5.32 Å². The van der Waals surface area contributed by atoms with E-state index in [2.05, 4.69) is 25.3 Å². The Hall–Kier alpha value is -3.37. The molecule has 2 aromatic heterocycles. The van der Waals surface area contributed by atoms with Gasteiger partial charge in [-0.25, -0.2) is 14.4 Å². The van der Waals surface area contributed by atoms with Gasteiger partial charge >= 0.3 is 12.4 Å². The van der Waals surface area contributed by atoms with Crippen LogP contribution in [-0.2, 0) is 12.4 Å². The standard InChI is InChI=1S/C21H20F7N7O2/c1-34-17(30-11-5-7-29-15(9-11)21(26,27)28)32-16(12-3-2-4-14(31-12)20(23,24)25)33-18(34)35-8-6-19(36,37)13(22)10-35/h2-5,7,9,13,18,36-37H,6,8,10H2,1H3,(H,29,30,32,33). The topological polar surface area (TPSA) is 109 Å². The Morgan fingerprint density at radius 3 is 2.41 bits per heavy atom. The van der Waals surface area contributed by atoms with Crippen LogP contribution in [-0.4, -0.2) is 80.2 Å². The molecule has 1 fully saturated rings. The Morgan fingerprint density at radius 2 is 1.76 bits per heavy atom. The maximum atomic E-state index is 14.4. The molecule has 0 saturated carbocycles. The number of pyridine rings is 2. The summed E-state index contributed by atoms with van der Waals surface area (Å²) in [6.45, 7) is -0.578. The first kappa shape index (κ1) is 26.7. The number of nitrogens with zero attached hydrogens (tertiary/aromatic N) is 6. The van der Waals surface area contributed by atoms with Crippen molar-refractivity contribution in [2.24, 2.45) is 9.98 Å².